The van der Waals surface area contributed by atoms with Crippen molar-refractivity contribution in [1.82, 2.24) is 0 Å². The van der Waals surface area contributed by atoms with Gasteiger partial charge >= 0.3 is 0 Å². The fourth-order valence-electron chi connectivity index (χ4n) is 0.869. The molecule has 4 nitrogen and oxygen atoms in total. The maximum Gasteiger partial charge on any atom is 0.161 e. The standard InChI is InChI=1S/C9H12O4/c10-5-7(6-11)13-9-4-2-1-3-8(9)12/h1-4,7,10-12H,5-6H2. The average molecular weight is 184 g/mol. The lowest BCUT2D eigenvalue weighted by molar-refractivity contribution is 0.0610. The molecule has 0 heterocycles. The molecule has 0 saturated carbocycles. The number of para-hydroxylation sites is 2. The monoisotopic (exact) mass is 184 g/mol. The second-order valence-corrected chi connectivity index (χ2v) is 2.57. The van der Waals surface area contributed by atoms with Gasteiger partial charge < -0.3 is 20.1 Å². The number of aliphatic hydroxyl groups is 2. The van der Waals surface area contributed by atoms with Crippen molar-refractivity contribution in [3.8, 4) is 11.5 Å². The molecule has 0 unspecified atom stereocenters. The Bertz CT molecular complexity index is 258. The van der Waals surface area contributed by atoms with E-state index in [0.29, 0.717) is 0 Å². The van der Waals surface area contributed by atoms with Gasteiger partial charge in [0.2, 0.25) is 0 Å². The minimum absolute atomic E-state index is 0.00519. The molecule has 72 valence electrons. The number of rotatable bonds is 4. The molecular weight excluding hydrogens is 172 g/mol. The Kier molecular flexibility index (Phi) is 3.54. The predicted molar refractivity (Wildman–Crippen MR) is 46.7 cm³/mol. The number of ether oxygens (including phenoxy) is 1. The van der Waals surface area contributed by atoms with Crippen molar-refractivity contribution in [1.29, 1.82) is 0 Å². The molecule has 0 saturated heterocycles. The Morgan fingerprint density at radius 2 is 1.77 bits per heavy atom. The van der Waals surface area contributed by atoms with Crippen LogP contribution in [0.15, 0.2) is 24.3 Å². The zero-order valence-corrected chi connectivity index (χ0v) is 7.05. The highest BCUT2D eigenvalue weighted by Gasteiger charge is 2.09. The number of phenols is 1. The maximum atomic E-state index is 9.26. The smallest absolute Gasteiger partial charge is 0.161 e. The van der Waals surface area contributed by atoms with Crippen LogP contribution in [0, 0.1) is 0 Å². The van der Waals surface area contributed by atoms with Gasteiger partial charge in [0.1, 0.15) is 6.10 Å². The molecule has 0 fully saturated rings. The second kappa shape index (κ2) is 4.69. The lowest BCUT2D eigenvalue weighted by atomic mass is 10.3. The fourth-order valence-corrected chi connectivity index (χ4v) is 0.869. The molecule has 0 spiro atoms. The molecule has 1 aromatic carbocycles. The molecule has 0 aliphatic heterocycles. The number of aliphatic hydroxyl groups excluding tert-OH is 2. The number of phenolic OH excluding ortho intramolecular Hbond substituents is 1. The molecule has 0 bridgehead atoms. The van der Waals surface area contributed by atoms with Crippen molar-refractivity contribution in [2.75, 3.05) is 13.2 Å². The normalized spacial score (nSPS) is 10.4. The zero-order valence-electron chi connectivity index (χ0n) is 7.05. The number of aromatic hydroxyl groups is 1. The molecule has 4 heteroatoms. The van der Waals surface area contributed by atoms with Crippen LogP contribution in [0.2, 0.25) is 0 Å². The van der Waals surface area contributed by atoms with E-state index < -0.39 is 6.10 Å². The molecule has 0 atom stereocenters. The quantitative estimate of drug-likeness (QED) is 0.621. The SMILES string of the molecule is OCC(CO)Oc1ccccc1O. The summed E-state index contributed by atoms with van der Waals surface area (Å²) in [7, 11) is 0. The van der Waals surface area contributed by atoms with Crippen molar-refractivity contribution in [3.63, 3.8) is 0 Å². The zero-order chi connectivity index (χ0) is 9.68. The summed E-state index contributed by atoms with van der Waals surface area (Å²) >= 11 is 0. The van der Waals surface area contributed by atoms with Gasteiger partial charge in [-0.25, -0.2) is 0 Å². The molecule has 1 rings (SSSR count). The van der Waals surface area contributed by atoms with E-state index in [2.05, 4.69) is 0 Å². The van der Waals surface area contributed by atoms with E-state index in [-0.39, 0.29) is 24.7 Å². The van der Waals surface area contributed by atoms with Crippen LogP contribution in [0.3, 0.4) is 0 Å². The minimum atomic E-state index is -0.687. The van der Waals surface area contributed by atoms with Crippen LogP contribution in [0.5, 0.6) is 11.5 Å². The first-order valence-corrected chi connectivity index (χ1v) is 3.94. The van der Waals surface area contributed by atoms with Crippen LogP contribution < -0.4 is 4.74 Å². The molecule has 0 radical (unpaired) electrons. The Labute approximate surface area is 76.0 Å². The summed E-state index contributed by atoms with van der Waals surface area (Å²) in [4.78, 5) is 0. The highest BCUT2D eigenvalue weighted by atomic mass is 16.5. The summed E-state index contributed by atoms with van der Waals surface area (Å²) in [6, 6.07) is 6.39. The highest BCUT2D eigenvalue weighted by Crippen LogP contribution is 2.25. The molecule has 1 aromatic rings. The molecule has 0 amide bonds. The molecule has 0 aliphatic carbocycles. The van der Waals surface area contributed by atoms with Crippen molar-refractivity contribution < 1.29 is 20.1 Å². The largest absolute Gasteiger partial charge is 0.504 e. The van der Waals surface area contributed by atoms with Gasteiger partial charge in [-0.3, -0.25) is 0 Å². The third kappa shape index (κ3) is 2.61. The van der Waals surface area contributed by atoms with E-state index in [1.54, 1.807) is 18.2 Å². The first-order chi connectivity index (χ1) is 6.27. The molecule has 3 N–H and O–H groups in total. The van der Waals surface area contributed by atoms with Gasteiger partial charge in [-0.1, -0.05) is 12.1 Å². The summed E-state index contributed by atoms with van der Waals surface area (Å²) in [5, 5.41) is 26.7. The number of hydrogen-bond acceptors (Lipinski definition) is 4. The van der Waals surface area contributed by atoms with Crippen molar-refractivity contribution in [2.45, 2.75) is 6.10 Å². The summed E-state index contributed by atoms with van der Waals surface area (Å²) in [5.41, 5.74) is 0. The van der Waals surface area contributed by atoms with Crippen molar-refractivity contribution in [3.05, 3.63) is 24.3 Å². The Hall–Kier alpha value is -1.26. The van der Waals surface area contributed by atoms with Gasteiger partial charge in [0.05, 0.1) is 13.2 Å². The fraction of sp³-hybridized carbons (Fsp3) is 0.333. The number of benzene rings is 1. The summed E-state index contributed by atoms with van der Waals surface area (Å²) < 4.78 is 5.09. The lowest BCUT2D eigenvalue weighted by Crippen LogP contribution is -2.25. The van der Waals surface area contributed by atoms with E-state index in [0.717, 1.165) is 0 Å². The van der Waals surface area contributed by atoms with E-state index in [1.165, 1.54) is 6.07 Å². The first-order valence-electron chi connectivity index (χ1n) is 3.94. The van der Waals surface area contributed by atoms with E-state index in [1.807, 2.05) is 0 Å². The summed E-state index contributed by atoms with van der Waals surface area (Å²) in [5.74, 6) is 0.255. The van der Waals surface area contributed by atoms with Gasteiger partial charge in [-0.05, 0) is 12.1 Å². The van der Waals surface area contributed by atoms with Crippen LogP contribution in [0.25, 0.3) is 0 Å². The molecule has 13 heavy (non-hydrogen) atoms. The van der Waals surface area contributed by atoms with Crippen LogP contribution in [0.4, 0.5) is 0 Å². The van der Waals surface area contributed by atoms with E-state index >= 15 is 0 Å². The third-order valence-electron chi connectivity index (χ3n) is 1.57. The highest BCUT2D eigenvalue weighted by molar-refractivity contribution is 5.38. The van der Waals surface area contributed by atoms with Crippen LogP contribution in [0.1, 0.15) is 0 Å². The van der Waals surface area contributed by atoms with Crippen LogP contribution in [-0.4, -0.2) is 34.6 Å². The van der Waals surface area contributed by atoms with Crippen molar-refractivity contribution >= 4 is 0 Å². The second-order valence-electron chi connectivity index (χ2n) is 2.57. The third-order valence-corrected chi connectivity index (χ3v) is 1.57. The summed E-state index contributed by atoms with van der Waals surface area (Å²) in [6.45, 7) is -0.574. The minimum Gasteiger partial charge on any atom is -0.504 e. The molecule has 0 aliphatic rings. The van der Waals surface area contributed by atoms with Crippen LogP contribution in [-0.2, 0) is 0 Å². The van der Waals surface area contributed by atoms with Crippen LogP contribution >= 0.6 is 0 Å². The Balaban J connectivity index is 2.67. The molecule has 0 aromatic heterocycles. The Morgan fingerprint density at radius 1 is 1.15 bits per heavy atom. The van der Waals surface area contributed by atoms with Gasteiger partial charge in [-0.2, -0.15) is 0 Å². The lowest BCUT2D eigenvalue weighted by Gasteiger charge is -2.14. The van der Waals surface area contributed by atoms with Gasteiger partial charge in [0.25, 0.3) is 0 Å². The number of hydrogen-bond donors (Lipinski definition) is 3. The van der Waals surface area contributed by atoms with Gasteiger partial charge in [0, 0.05) is 0 Å². The topological polar surface area (TPSA) is 69.9 Å². The van der Waals surface area contributed by atoms with Gasteiger partial charge in [-0.15, -0.1) is 0 Å². The molecular formula is C9H12O4. The first kappa shape index (κ1) is 9.83. The Morgan fingerprint density at radius 3 is 2.31 bits per heavy atom. The van der Waals surface area contributed by atoms with Crippen molar-refractivity contribution in [2.24, 2.45) is 0 Å². The average Bonchev–Trinajstić information content (AvgIpc) is 2.17. The van der Waals surface area contributed by atoms with E-state index in [4.69, 9.17) is 14.9 Å². The van der Waals surface area contributed by atoms with Gasteiger partial charge in [0.15, 0.2) is 11.5 Å². The predicted octanol–water partition coefficient (Wildman–Crippen LogP) is 0.124. The maximum absolute atomic E-state index is 9.26. The van der Waals surface area contributed by atoms with E-state index in [9.17, 15) is 5.11 Å². The summed E-state index contributed by atoms with van der Waals surface area (Å²) in [6.07, 6.45) is -0.687.